The van der Waals surface area contributed by atoms with Crippen LogP contribution in [0.4, 0.5) is 26.3 Å². The van der Waals surface area contributed by atoms with Gasteiger partial charge in [-0.1, -0.05) is 0 Å². The number of likely N-dealkylation sites (tertiary alicyclic amines) is 1. The number of carbonyl (C=O) groups is 2. The van der Waals surface area contributed by atoms with Crippen molar-refractivity contribution in [2.24, 2.45) is 0 Å². The second-order valence-corrected chi connectivity index (χ2v) is 3.71. The molecule has 4 nitrogen and oxygen atoms in total. The smallest absolute Gasteiger partial charge is 0.344 e. The molecule has 2 amide bonds. The number of carbonyl (C=O) groups excluding carboxylic acids is 2. The Balaban J connectivity index is 2.53. The van der Waals surface area contributed by atoms with Crippen LogP contribution in [0.3, 0.4) is 0 Å². The normalized spacial score (nSPS) is 21.0. The minimum Gasteiger partial charge on any atom is -0.344 e. The SMILES string of the molecule is O=C(N[C@@H]1CCN(C(=O)C(F)(F)F)C1)C(F)(F)F. The lowest BCUT2D eigenvalue weighted by atomic mass is 10.2. The zero-order valence-electron chi connectivity index (χ0n) is 8.73. The molecule has 1 saturated heterocycles. The van der Waals surface area contributed by atoms with Gasteiger partial charge in [0.1, 0.15) is 0 Å². The molecule has 0 spiro atoms. The third-order valence-corrected chi connectivity index (χ3v) is 2.31. The van der Waals surface area contributed by atoms with Gasteiger partial charge in [-0.2, -0.15) is 26.3 Å². The van der Waals surface area contributed by atoms with Crippen LogP contribution in [-0.4, -0.2) is 48.2 Å². The Kier molecular flexibility index (Phi) is 3.77. The lowest BCUT2D eigenvalue weighted by Gasteiger charge is -2.18. The van der Waals surface area contributed by atoms with Crippen LogP contribution in [0.15, 0.2) is 0 Å². The highest BCUT2D eigenvalue weighted by Crippen LogP contribution is 2.22. The van der Waals surface area contributed by atoms with Crippen molar-refractivity contribution in [3.05, 3.63) is 0 Å². The van der Waals surface area contributed by atoms with E-state index in [4.69, 9.17) is 0 Å². The summed E-state index contributed by atoms with van der Waals surface area (Å²) < 4.78 is 71.7. The molecule has 0 radical (unpaired) electrons. The van der Waals surface area contributed by atoms with Gasteiger partial charge in [0.25, 0.3) is 0 Å². The van der Waals surface area contributed by atoms with Gasteiger partial charge < -0.3 is 10.2 Å². The van der Waals surface area contributed by atoms with Crippen LogP contribution in [-0.2, 0) is 9.59 Å². The van der Waals surface area contributed by atoms with Crippen LogP contribution in [0.2, 0.25) is 0 Å². The molecule has 1 N–H and O–H groups in total. The number of nitrogens with zero attached hydrogens (tertiary/aromatic N) is 1. The summed E-state index contributed by atoms with van der Waals surface area (Å²) in [5, 5.41) is 1.53. The molecule has 104 valence electrons. The lowest BCUT2D eigenvalue weighted by molar-refractivity contribution is -0.184. The molecule has 0 aliphatic carbocycles. The van der Waals surface area contributed by atoms with Gasteiger partial charge in [0.15, 0.2) is 0 Å². The van der Waals surface area contributed by atoms with E-state index in [2.05, 4.69) is 0 Å². The van der Waals surface area contributed by atoms with Crippen molar-refractivity contribution < 1.29 is 35.9 Å². The van der Waals surface area contributed by atoms with Crippen LogP contribution in [0.5, 0.6) is 0 Å². The first-order chi connectivity index (χ1) is 8.01. The Morgan fingerprint density at radius 1 is 1.06 bits per heavy atom. The van der Waals surface area contributed by atoms with Gasteiger partial charge in [-0.15, -0.1) is 0 Å². The number of amides is 2. The molecule has 1 aliphatic rings. The molecule has 0 unspecified atom stereocenters. The molecule has 0 aromatic rings. The first kappa shape index (κ1) is 14.6. The monoisotopic (exact) mass is 278 g/mol. The summed E-state index contributed by atoms with van der Waals surface area (Å²) in [4.78, 5) is 21.7. The Bertz CT molecular complexity index is 350. The summed E-state index contributed by atoms with van der Waals surface area (Å²) in [7, 11) is 0. The maximum atomic E-state index is 12.0. The molecule has 1 heterocycles. The third kappa shape index (κ3) is 3.50. The summed E-state index contributed by atoms with van der Waals surface area (Å²) in [6, 6.07) is -1.12. The molecule has 0 bridgehead atoms. The maximum Gasteiger partial charge on any atom is 0.471 e. The standard InChI is InChI=1S/C8H8F6N2O2/c9-7(10,11)5(17)15-4-1-2-16(3-4)6(18)8(12,13)14/h4H,1-3H2,(H,15,17)/t4-/m1/s1. The van der Waals surface area contributed by atoms with E-state index in [0.29, 0.717) is 4.90 Å². The number of hydrogen-bond acceptors (Lipinski definition) is 2. The summed E-state index contributed by atoms with van der Waals surface area (Å²) >= 11 is 0. The van der Waals surface area contributed by atoms with E-state index in [1.807, 2.05) is 0 Å². The summed E-state index contributed by atoms with van der Waals surface area (Å²) in [6.45, 7) is -0.929. The van der Waals surface area contributed by atoms with Crippen molar-refractivity contribution in [2.75, 3.05) is 13.1 Å². The largest absolute Gasteiger partial charge is 0.471 e. The highest BCUT2D eigenvalue weighted by Gasteiger charge is 2.46. The number of hydrogen-bond donors (Lipinski definition) is 1. The molecule has 0 saturated carbocycles. The molecule has 1 aliphatic heterocycles. The molecule has 1 fully saturated rings. The number of nitrogens with one attached hydrogen (secondary N) is 1. The van der Waals surface area contributed by atoms with Gasteiger partial charge >= 0.3 is 24.2 Å². The first-order valence-electron chi connectivity index (χ1n) is 4.75. The number of alkyl halides is 6. The van der Waals surface area contributed by atoms with Crippen LogP contribution in [0.25, 0.3) is 0 Å². The molecular weight excluding hydrogens is 270 g/mol. The van der Waals surface area contributed by atoms with Crippen LogP contribution >= 0.6 is 0 Å². The molecule has 0 aromatic carbocycles. The Hall–Kier alpha value is -1.48. The Morgan fingerprint density at radius 2 is 1.61 bits per heavy atom. The van der Waals surface area contributed by atoms with E-state index in [1.54, 1.807) is 0 Å². The second-order valence-electron chi connectivity index (χ2n) is 3.71. The molecule has 1 rings (SSSR count). The van der Waals surface area contributed by atoms with Crippen molar-refractivity contribution in [3.63, 3.8) is 0 Å². The Morgan fingerprint density at radius 3 is 2.06 bits per heavy atom. The van der Waals surface area contributed by atoms with E-state index >= 15 is 0 Å². The highest BCUT2D eigenvalue weighted by molar-refractivity contribution is 5.83. The lowest BCUT2D eigenvalue weighted by Crippen LogP contribution is -2.46. The predicted molar refractivity (Wildman–Crippen MR) is 45.2 cm³/mol. The minimum atomic E-state index is -5.10. The topological polar surface area (TPSA) is 49.4 Å². The van der Waals surface area contributed by atoms with Crippen LogP contribution in [0, 0.1) is 0 Å². The van der Waals surface area contributed by atoms with E-state index in [9.17, 15) is 35.9 Å². The van der Waals surface area contributed by atoms with Crippen molar-refractivity contribution in [2.45, 2.75) is 24.8 Å². The molecule has 18 heavy (non-hydrogen) atoms. The molecule has 1 atom stereocenters. The summed E-state index contributed by atoms with van der Waals surface area (Å²) in [5.74, 6) is -4.35. The van der Waals surface area contributed by atoms with Gasteiger partial charge in [0, 0.05) is 19.1 Å². The molecule has 0 aromatic heterocycles. The average Bonchev–Trinajstić information content (AvgIpc) is 2.62. The van der Waals surface area contributed by atoms with Gasteiger partial charge in [0.2, 0.25) is 0 Å². The van der Waals surface area contributed by atoms with Crippen LogP contribution < -0.4 is 5.32 Å². The van der Waals surface area contributed by atoms with Gasteiger partial charge in [-0.05, 0) is 6.42 Å². The van der Waals surface area contributed by atoms with E-state index < -0.39 is 36.8 Å². The fourth-order valence-corrected chi connectivity index (χ4v) is 1.51. The van der Waals surface area contributed by atoms with E-state index in [1.165, 1.54) is 5.32 Å². The zero-order valence-corrected chi connectivity index (χ0v) is 8.73. The second kappa shape index (κ2) is 4.65. The summed E-state index contributed by atoms with van der Waals surface area (Å²) in [6.07, 6.45) is -10.3. The van der Waals surface area contributed by atoms with Gasteiger partial charge in [-0.25, -0.2) is 0 Å². The zero-order chi connectivity index (χ0) is 14.1. The van der Waals surface area contributed by atoms with Crippen molar-refractivity contribution >= 4 is 11.8 Å². The van der Waals surface area contributed by atoms with Gasteiger partial charge in [-0.3, -0.25) is 9.59 Å². The number of halogens is 6. The Labute approximate surface area is 96.9 Å². The van der Waals surface area contributed by atoms with E-state index in [0.717, 1.165) is 0 Å². The quantitative estimate of drug-likeness (QED) is 0.722. The predicted octanol–water partition coefficient (Wildman–Crippen LogP) is 0.828. The van der Waals surface area contributed by atoms with Crippen molar-refractivity contribution in [1.82, 2.24) is 10.2 Å². The van der Waals surface area contributed by atoms with Gasteiger partial charge in [0.05, 0.1) is 0 Å². The highest BCUT2D eigenvalue weighted by atomic mass is 19.4. The third-order valence-electron chi connectivity index (χ3n) is 2.31. The molecular formula is C8H8F6N2O2. The number of rotatable bonds is 1. The van der Waals surface area contributed by atoms with Crippen molar-refractivity contribution in [1.29, 1.82) is 0 Å². The fourth-order valence-electron chi connectivity index (χ4n) is 1.51. The average molecular weight is 278 g/mol. The fraction of sp³-hybridized carbons (Fsp3) is 0.750. The minimum absolute atomic E-state index is 0.149. The first-order valence-corrected chi connectivity index (χ1v) is 4.75. The van der Waals surface area contributed by atoms with E-state index in [-0.39, 0.29) is 13.0 Å². The summed E-state index contributed by atoms with van der Waals surface area (Å²) in [5.41, 5.74) is 0. The van der Waals surface area contributed by atoms with Crippen LogP contribution in [0.1, 0.15) is 6.42 Å². The maximum absolute atomic E-state index is 12.0. The van der Waals surface area contributed by atoms with Crippen molar-refractivity contribution in [3.8, 4) is 0 Å². The molecule has 10 heteroatoms.